The molecule has 2 fully saturated rings. The van der Waals surface area contributed by atoms with Gasteiger partial charge in [-0.05, 0) is 13.8 Å². The van der Waals surface area contributed by atoms with E-state index in [0.717, 1.165) is 4.57 Å². The first-order valence-electron chi connectivity index (χ1n) is 10.4. The van der Waals surface area contributed by atoms with Gasteiger partial charge in [-0.15, -0.1) is 0 Å². The minimum Gasteiger partial charge on any atom is -0.390 e. The molecule has 18 heteroatoms. The number of hydrogen-bond acceptors (Lipinski definition) is 12. The summed E-state index contributed by atoms with van der Waals surface area (Å²) in [6, 6.07) is 0. The van der Waals surface area contributed by atoms with Crippen LogP contribution in [0.25, 0.3) is 0 Å². The molecular formula is C17H28N2O14P2. The molecule has 1 aromatic rings. The Morgan fingerprint density at radius 2 is 1.86 bits per heavy atom. The number of phosphoric ester groups is 2. The number of nitrogens with one attached hydrogen (secondary N) is 1. The van der Waals surface area contributed by atoms with Crippen molar-refractivity contribution in [3.63, 3.8) is 0 Å². The molecule has 0 aromatic carbocycles. The topological polar surface area (TPSA) is 225 Å². The maximum absolute atomic E-state index is 12.2. The van der Waals surface area contributed by atoms with Gasteiger partial charge in [-0.25, -0.2) is 13.9 Å². The van der Waals surface area contributed by atoms with E-state index in [-0.39, 0.29) is 18.4 Å². The number of H-pyrrole nitrogens is 1. The van der Waals surface area contributed by atoms with Gasteiger partial charge in [0.25, 0.3) is 5.56 Å². The van der Waals surface area contributed by atoms with Crippen LogP contribution in [0.2, 0.25) is 0 Å². The molecule has 0 spiro atoms. The van der Waals surface area contributed by atoms with E-state index in [1.807, 2.05) is 0 Å². The van der Waals surface area contributed by atoms with E-state index in [1.54, 1.807) is 0 Å². The molecule has 2 saturated heterocycles. The van der Waals surface area contributed by atoms with E-state index >= 15 is 0 Å². The van der Waals surface area contributed by atoms with Gasteiger partial charge in [0.1, 0.15) is 18.4 Å². The van der Waals surface area contributed by atoms with Crippen molar-refractivity contribution >= 4 is 15.6 Å². The van der Waals surface area contributed by atoms with E-state index in [1.165, 1.54) is 27.2 Å². The lowest BCUT2D eigenvalue weighted by Gasteiger charge is -2.37. The molecule has 2 aliphatic heterocycles. The summed E-state index contributed by atoms with van der Waals surface area (Å²) in [4.78, 5) is 45.4. The standard InChI is InChI=1S/C17H28N2O14P2/c1-8-6-19(17(23)18-16(8)22)13-4-10(20)12(31-13)7-29-34(24,25)33-35(26,27)32-14-5-11(28-3)15(21)9(2)30-14/h6,9-15,20-21H,4-5,7H2,1-3H3,(H,24,25)(H,26,27)(H,18,22,23)/t9-,10-,11-,12+,13+,14+,15-/m0/s1. The van der Waals surface area contributed by atoms with E-state index in [0.29, 0.717) is 0 Å². The van der Waals surface area contributed by atoms with Crippen molar-refractivity contribution in [1.82, 2.24) is 9.55 Å². The fourth-order valence-corrected chi connectivity index (χ4v) is 5.79. The zero-order valence-corrected chi connectivity index (χ0v) is 20.7. The van der Waals surface area contributed by atoms with Crippen LogP contribution < -0.4 is 11.2 Å². The highest BCUT2D eigenvalue weighted by Crippen LogP contribution is 2.61. The van der Waals surface area contributed by atoms with Crippen molar-refractivity contribution in [2.24, 2.45) is 0 Å². The normalized spacial score (nSPS) is 34.9. The van der Waals surface area contributed by atoms with Crippen LogP contribution in [0.15, 0.2) is 15.8 Å². The van der Waals surface area contributed by atoms with Crippen molar-refractivity contribution < 1.29 is 56.7 Å². The minimum atomic E-state index is -5.21. The molecule has 3 heterocycles. The average Bonchev–Trinajstić information content (AvgIpc) is 3.11. The molecule has 5 N–H and O–H groups in total. The molecule has 0 amide bonds. The van der Waals surface area contributed by atoms with E-state index in [2.05, 4.69) is 13.8 Å². The summed E-state index contributed by atoms with van der Waals surface area (Å²) in [5.41, 5.74) is -1.14. The Labute approximate surface area is 198 Å². The molecule has 0 saturated carbocycles. The van der Waals surface area contributed by atoms with Crippen molar-refractivity contribution in [2.45, 2.75) is 69.7 Å². The molecular weight excluding hydrogens is 518 g/mol. The van der Waals surface area contributed by atoms with Gasteiger partial charge in [-0.1, -0.05) is 0 Å². The van der Waals surface area contributed by atoms with Gasteiger partial charge in [0.15, 0.2) is 6.29 Å². The maximum atomic E-state index is 12.2. The minimum absolute atomic E-state index is 0.110. The Balaban J connectivity index is 1.57. The second-order valence-electron chi connectivity index (χ2n) is 8.10. The second kappa shape index (κ2) is 11.0. The number of methoxy groups -OCH3 is 1. The van der Waals surface area contributed by atoms with Crippen LogP contribution in [0.3, 0.4) is 0 Å². The molecule has 2 aliphatic rings. The summed E-state index contributed by atoms with van der Waals surface area (Å²) >= 11 is 0. The largest absolute Gasteiger partial charge is 0.483 e. The number of aliphatic hydroxyl groups excluding tert-OH is 2. The number of phosphoric acid groups is 2. The smallest absolute Gasteiger partial charge is 0.390 e. The third-order valence-corrected chi connectivity index (χ3v) is 8.10. The first kappa shape index (κ1) is 28.3. The monoisotopic (exact) mass is 546 g/mol. The average molecular weight is 546 g/mol. The molecule has 3 rings (SSSR count). The van der Waals surface area contributed by atoms with Gasteiger partial charge in [0.2, 0.25) is 0 Å². The summed E-state index contributed by atoms with van der Waals surface area (Å²) in [6.45, 7) is 2.18. The molecule has 1 aromatic heterocycles. The number of aromatic amines is 1. The molecule has 0 aliphatic carbocycles. The third kappa shape index (κ3) is 7.16. The second-order valence-corrected chi connectivity index (χ2v) is 11.1. The Morgan fingerprint density at radius 1 is 1.17 bits per heavy atom. The predicted octanol–water partition coefficient (Wildman–Crippen LogP) is -0.745. The van der Waals surface area contributed by atoms with E-state index in [9.17, 15) is 38.7 Å². The molecule has 35 heavy (non-hydrogen) atoms. The molecule has 2 unspecified atom stereocenters. The van der Waals surface area contributed by atoms with Gasteiger partial charge < -0.3 is 34.2 Å². The number of aromatic nitrogens is 2. The van der Waals surface area contributed by atoms with Crippen molar-refractivity contribution in [1.29, 1.82) is 0 Å². The Bertz CT molecular complexity index is 1110. The van der Waals surface area contributed by atoms with Crippen LogP contribution in [-0.4, -0.2) is 80.1 Å². The first-order chi connectivity index (χ1) is 16.2. The Kier molecular flexibility index (Phi) is 8.90. The predicted molar refractivity (Wildman–Crippen MR) is 114 cm³/mol. The molecule has 200 valence electrons. The van der Waals surface area contributed by atoms with Gasteiger partial charge in [0.05, 0.1) is 24.9 Å². The SMILES string of the molecule is CO[C@H]1C[C@@H](OP(=O)(O)OP(=O)(O)OC[C@H]2O[C@@H](n3cc(C)c(=O)[nH]c3=O)C[C@@H]2O)O[C@@H](C)[C@@H]1O. The fraction of sp³-hybridized carbons (Fsp3) is 0.765. The summed E-state index contributed by atoms with van der Waals surface area (Å²) in [6.07, 6.45) is -6.54. The van der Waals surface area contributed by atoms with Gasteiger partial charge in [-0.3, -0.25) is 23.4 Å². The van der Waals surface area contributed by atoms with Gasteiger partial charge in [-0.2, -0.15) is 4.31 Å². The van der Waals surface area contributed by atoms with Crippen molar-refractivity contribution in [3.05, 3.63) is 32.6 Å². The Hall–Kier alpha value is -1.26. The fourth-order valence-electron chi connectivity index (χ4n) is 3.64. The highest BCUT2D eigenvalue weighted by molar-refractivity contribution is 7.61. The lowest BCUT2D eigenvalue weighted by molar-refractivity contribution is -0.225. The summed E-state index contributed by atoms with van der Waals surface area (Å²) < 4.78 is 55.0. The summed E-state index contributed by atoms with van der Waals surface area (Å²) in [5, 5.41) is 20.1. The van der Waals surface area contributed by atoms with Crippen LogP contribution in [0.1, 0.15) is 31.6 Å². The number of aliphatic hydroxyl groups is 2. The highest BCUT2D eigenvalue weighted by Gasteiger charge is 2.44. The van der Waals surface area contributed by atoms with Crippen molar-refractivity contribution in [3.8, 4) is 0 Å². The quantitative estimate of drug-likeness (QED) is 0.240. The van der Waals surface area contributed by atoms with Crippen LogP contribution >= 0.6 is 15.6 Å². The van der Waals surface area contributed by atoms with Crippen LogP contribution in [0, 0.1) is 6.92 Å². The zero-order valence-electron chi connectivity index (χ0n) is 19.0. The highest BCUT2D eigenvalue weighted by atomic mass is 31.3. The van der Waals surface area contributed by atoms with Gasteiger partial charge in [0, 0.05) is 31.7 Å². The molecule has 16 nitrogen and oxygen atoms in total. The lowest BCUT2D eigenvalue weighted by atomic mass is 10.0. The molecule has 9 atom stereocenters. The number of hydrogen-bond donors (Lipinski definition) is 5. The van der Waals surface area contributed by atoms with Crippen molar-refractivity contribution in [2.75, 3.05) is 13.7 Å². The first-order valence-corrected chi connectivity index (χ1v) is 13.4. The maximum Gasteiger partial charge on any atom is 0.483 e. The van der Waals surface area contributed by atoms with Crippen LogP contribution in [0.5, 0.6) is 0 Å². The molecule has 0 radical (unpaired) electrons. The van der Waals surface area contributed by atoms with E-state index in [4.69, 9.17) is 18.7 Å². The summed E-state index contributed by atoms with van der Waals surface area (Å²) in [5.74, 6) is 0. The number of ether oxygens (including phenoxy) is 3. The summed E-state index contributed by atoms with van der Waals surface area (Å²) in [7, 11) is -9.10. The number of nitrogens with zero attached hydrogens (tertiary/aromatic N) is 1. The van der Waals surface area contributed by atoms with E-state index < -0.39 is 76.5 Å². The van der Waals surface area contributed by atoms with Crippen LogP contribution in [-0.2, 0) is 36.7 Å². The Morgan fingerprint density at radius 3 is 2.51 bits per heavy atom. The lowest BCUT2D eigenvalue weighted by Crippen LogP contribution is -2.48. The number of rotatable bonds is 9. The molecule has 0 bridgehead atoms. The van der Waals surface area contributed by atoms with Crippen LogP contribution in [0.4, 0.5) is 0 Å². The third-order valence-electron chi connectivity index (χ3n) is 5.48. The number of aryl methyl sites for hydroxylation is 1. The van der Waals surface area contributed by atoms with Gasteiger partial charge >= 0.3 is 21.3 Å². The zero-order chi connectivity index (χ0) is 26.1.